The molecular formula is C9H13BrN2O2. The van der Waals surface area contributed by atoms with Gasteiger partial charge in [-0.2, -0.15) is 0 Å². The molecule has 1 N–H and O–H groups in total. The highest BCUT2D eigenvalue weighted by molar-refractivity contribution is 9.09. The van der Waals surface area contributed by atoms with Gasteiger partial charge in [0.1, 0.15) is 0 Å². The molecule has 0 radical (unpaired) electrons. The molecule has 0 aromatic carbocycles. The Morgan fingerprint density at radius 2 is 2.14 bits per heavy atom. The molecule has 1 rings (SSSR count). The summed E-state index contributed by atoms with van der Waals surface area (Å²) in [6, 6.07) is 1.44. The first-order valence-corrected chi connectivity index (χ1v) is 5.64. The number of nitrogens with one attached hydrogen (secondary N) is 1. The molecule has 1 aromatic rings. The van der Waals surface area contributed by atoms with Crippen molar-refractivity contribution in [3.63, 3.8) is 0 Å². The first kappa shape index (κ1) is 11.2. The lowest BCUT2D eigenvalue weighted by atomic mass is 10.3. The number of alkyl halides is 1. The van der Waals surface area contributed by atoms with Crippen molar-refractivity contribution in [3.8, 4) is 0 Å². The molecule has 0 fully saturated rings. The van der Waals surface area contributed by atoms with Crippen LogP contribution in [0.4, 0.5) is 0 Å². The Balaban J connectivity index is 2.87. The van der Waals surface area contributed by atoms with Crippen LogP contribution in [0.1, 0.15) is 18.5 Å². The van der Waals surface area contributed by atoms with Crippen LogP contribution < -0.4 is 11.2 Å². The fourth-order valence-corrected chi connectivity index (χ4v) is 1.61. The van der Waals surface area contributed by atoms with E-state index in [0.717, 1.165) is 18.2 Å². The standard InChI is InChI=1S/C9H13BrN2O2/c1-7-6-8(13)12(9(14)11-7)5-3-2-4-10/h6H,2-5H2,1H3,(H,11,14). The molecule has 0 aliphatic carbocycles. The van der Waals surface area contributed by atoms with E-state index in [-0.39, 0.29) is 11.2 Å². The molecule has 0 bridgehead atoms. The highest BCUT2D eigenvalue weighted by Gasteiger charge is 2.00. The number of unbranched alkanes of at least 4 members (excludes halogenated alkanes) is 1. The average molecular weight is 261 g/mol. The molecule has 0 saturated heterocycles. The summed E-state index contributed by atoms with van der Waals surface area (Å²) in [4.78, 5) is 25.3. The molecule has 0 aliphatic heterocycles. The van der Waals surface area contributed by atoms with Crippen LogP contribution in [0.3, 0.4) is 0 Å². The van der Waals surface area contributed by atoms with E-state index in [1.54, 1.807) is 6.92 Å². The highest BCUT2D eigenvalue weighted by atomic mass is 79.9. The minimum Gasteiger partial charge on any atom is -0.311 e. The lowest BCUT2D eigenvalue weighted by molar-refractivity contribution is 0.583. The molecular weight excluding hydrogens is 248 g/mol. The number of H-pyrrole nitrogens is 1. The summed E-state index contributed by atoms with van der Waals surface area (Å²) in [6.07, 6.45) is 1.79. The third-order valence-corrected chi connectivity index (χ3v) is 2.48. The largest absolute Gasteiger partial charge is 0.328 e. The SMILES string of the molecule is Cc1cc(=O)n(CCCCBr)c(=O)[nH]1. The summed E-state index contributed by atoms with van der Waals surface area (Å²) >= 11 is 3.30. The predicted molar refractivity (Wildman–Crippen MR) is 59.1 cm³/mol. The van der Waals surface area contributed by atoms with Gasteiger partial charge in [-0.15, -0.1) is 0 Å². The molecule has 0 atom stereocenters. The maximum atomic E-state index is 11.4. The van der Waals surface area contributed by atoms with Gasteiger partial charge in [0, 0.05) is 23.6 Å². The molecule has 0 saturated carbocycles. The fraction of sp³-hybridized carbons (Fsp3) is 0.556. The molecule has 14 heavy (non-hydrogen) atoms. The van der Waals surface area contributed by atoms with Crippen LogP contribution in [0.2, 0.25) is 0 Å². The highest BCUT2D eigenvalue weighted by Crippen LogP contribution is 1.94. The molecule has 1 aromatic heterocycles. The van der Waals surface area contributed by atoms with Crippen LogP contribution in [0.25, 0.3) is 0 Å². The maximum Gasteiger partial charge on any atom is 0.328 e. The average Bonchev–Trinajstić information content (AvgIpc) is 2.09. The van der Waals surface area contributed by atoms with Crippen molar-refractivity contribution >= 4 is 15.9 Å². The van der Waals surface area contributed by atoms with Crippen LogP contribution in [0.5, 0.6) is 0 Å². The van der Waals surface area contributed by atoms with Crippen LogP contribution >= 0.6 is 15.9 Å². The molecule has 1 heterocycles. The minimum absolute atomic E-state index is 0.221. The first-order valence-electron chi connectivity index (χ1n) is 4.52. The zero-order valence-corrected chi connectivity index (χ0v) is 9.63. The van der Waals surface area contributed by atoms with E-state index in [4.69, 9.17) is 0 Å². The monoisotopic (exact) mass is 260 g/mol. The lowest BCUT2D eigenvalue weighted by Crippen LogP contribution is -2.35. The van der Waals surface area contributed by atoms with Gasteiger partial charge in [-0.3, -0.25) is 9.36 Å². The second kappa shape index (κ2) is 5.14. The predicted octanol–water partition coefficient (Wildman–Crippen LogP) is 1.02. The molecule has 0 spiro atoms. The number of nitrogens with zero attached hydrogens (tertiary/aromatic N) is 1. The summed E-state index contributed by atoms with van der Waals surface area (Å²) in [5, 5.41) is 0.894. The third-order valence-electron chi connectivity index (χ3n) is 1.92. The molecule has 0 unspecified atom stereocenters. The normalized spacial score (nSPS) is 10.4. The van der Waals surface area contributed by atoms with Crippen molar-refractivity contribution in [2.24, 2.45) is 0 Å². The Labute approximate surface area is 90.1 Å². The smallest absolute Gasteiger partial charge is 0.311 e. The second-order valence-corrected chi connectivity index (χ2v) is 3.94. The van der Waals surface area contributed by atoms with Gasteiger partial charge in [-0.25, -0.2) is 4.79 Å². The topological polar surface area (TPSA) is 54.9 Å². The number of hydrogen-bond donors (Lipinski definition) is 1. The Morgan fingerprint density at radius 3 is 2.71 bits per heavy atom. The van der Waals surface area contributed by atoms with Crippen molar-refractivity contribution in [2.45, 2.75) is 26.3 Å². The van der Waals surface area contributed by atoms with Crippen molar-refractivity contribution in [2.75, 3.05) is 5.33 Å². The van der Waals surface area contributed by atoms with Crippen LogP contribution in [0.15, 0.2) is 15.7 Å². The molecule has 0 aliphatic rings. The van der Waals surface area contributed by atoms with Crippen LogP contribution in [0, 0.1) is 6.92 Å². The zero-order valence-electron chi connectivity index (χ0n) is 8.05. The van der Waals surface area contributed by atoms with Crippen LogP contribution in [-0.2, 0) is 6.54 Å². The van der Waals surface area contributed by atoms with Crippen LogP contribution in [-0.4, -0.2) is 14.9 Å². The van der Waals surface area contributed by atoms with Gasteiger partial charge in [-0.1, -0.05) is 15.9 Å². The number of hydrogen-bond acceptors (Lipinski definition) is 2. The number of aromatic amines is 1. The number of aromatic nitrogens is 2. The van der Waals surface area contributed by atoms with Crippen molar-refractivity contribution in [1.29, 1.82) is 0 Å². The molecule has 4 nitrogen and oxygen atoms in total. The van der Waals surface area contributed by atoms with Gasteiger partial charge in [0.2, 0.25) is 0 Å². The number of halogens is 1. The van der Waals surface area contributed by atoms with E-state index in [0.29, 0.717) is 12.2 Å². The number of rotatable bonds is 4. The molecule has 0 amide bonds. The van der Waals surface area contributed by atoms with E-state index >= 15 is 0 Å². The van der Waals surface area contributed by atoms with E-state index < -0.39 is 0 Å². The third kappa shape index (κ3) is 2.83. The zero-order chi connectivity index (χ0) is 10.6. The molecule has 78 valence electrons. The van der Waals surface area contributed by atoms with Crippen molar-refractivity contribution in [1.82, 2.24) is 9.55 Å². The van der Waals surface area contributed by atoms with Gasteiger partial charge in [0.25, 0.3) is 5.56 Å². The van der Waals surface area contributed by atoms with E-state index in [9.17, 15) is 9.59 Å². The van der Waals surface area contributed by atoms with E-state index in [1.807, 2.05) is 0 Å². The van der Waals surface area contributed by atoms with Gasteiger partial charge < -0.3 is 4.98 Å². The Bertz CT molecular complexity index is 377. The Morgan fingerprint density at radius 1 is 1.43 bits per heavy atom. The van der Waals surface area contributed by atoms with Gasteiger partial charge in [0.15, 0.2) is 0 Å². The molecule has 5 heteroatoms. The van der Waals surface area contributed by atoms with Crippen molar-refractivity contribution in [3.05, 3.63) is 32.6 Å². The Hall–Kier alpha value is -0.840. The maximum absolute atomic E-state index is 11.4. The second-order valence-electron chi connectivity index (χ2n) is 3.14. The number of aryl methyl sites for hydroxylation is 1. The summed E-state index contributed by atoms with van der Waals surface area (Å²) in [6.45, 7) is 2.19. The lowest BCUT2D eigenvalue weighted by Gasteiger charge is -2.03. The summed E-state index contributed by atoms with van der Waals surface area (Å²) in [7, 11) is 0. The minimum atomic E-state index is -0.315. The van der Waals surface area contributed by atoms with Gasteiger partial charge >= 0.3 is 5.69 Å². The summed E-state index contributed by atoms with van der Waals surface area (Å²) in [5.41, 5.74) is 0.0714. The summed E-state index contributed by atoms with van der Waals surface area (Å²) in [5.74, 6) is 0. The van der Waals surface area contributed by atoms with Gasteiger partial charge in [-0.05, 0) is 19.8 Å². The Kier molecular flexibility index (Phi) is 4.13. The van der Waals surface area contributed by atoms with Crippen molar-refractivity contribution < 1.29 is 0 Å². The summed E-state index contributed by atoms with van der Waals surface area (Å²) < 4.78 is 1.23. The van der Waals surface area contributed by atoms with Gasteiger partial charge in [0.05, 0.1) is 0 Å². The quantitative estimate of drug-likeness (QED) is 0.649. The van der Waals surface area contributed by atoms with E-state index in [1.165, 1.54) is 10.6 Å². The fourth-order valence-electron chi connectivity index (χ4n) is 1.21. The van der Waals surface area contributed by atoms with E-state index in [2.05, 4.69) is 20.9 Å². The first-order chi connectivity index (χ1) is 6.65.